The topological polar surface area (TPSA) is 85.1 Å². The van der Waals surface area contributed by atoms with Gasteiger partial charge < -0.3 is 14.5 Å². The molecule has 6 rings (SSSR count). The molecule has 3 heterocycles. The maximum absolute atomic E-state index is 13.5. The Hall–Kier alpha value is -3.26. The Morgan fingerprint density at radius 2 is 1.92 bits per heavy atom. The molecule has 0 spiro atoms. The number of carbonyl (C=O) groups excluding carboxylic acids is 1. The number of pyridine rings is 1. The number of rotatable bonds is 7. The summed E-state index contributed by atoms with van der Waals surface area (Å²) in [5.41, 5.74) is 2.68. The predicted molar refractivity (Wildman–Crippen MR) is 143 cm³/mol. The number of anilines is 1. The minimum Gasteiger partial charge on any atom is -0.322 e. The molecule has 2 saturated carbocycles. The van der Waals surface area contributed by atoms with Crippen LogP contribution in [-0.2, 0) is 19.0 Å². The van der Waals surface area contributed by atoms with Gasteiger partial charge >= 0.3 is 0 Å². The Labute approximate surface area is 217 Å². The lowest BCUT2D eigenvalue weighted by Crippen LogP contribution is -2.43. The fourth-order valence-corrected chi connectivity index (χ4v) is 6.40. The van der Waals surface area contributed by atoms with Crippen LogP contribution in [0.5, 0.6) is 0 Å². The van der Waals surface area contributed by atoms with Crippen LogP contribution in [0.15, 0.2) is 47.7 Å². The summed E-state index contributed by atoms with van der Waals surface area (Å²) in [6, 6.07) is 10.0. The van der Waals surface area contributed by atoms with Gasteiger partial charge in [-0.25, -0.2) is 0 Å². The lowest BCUT2D eigenvalue weighted by molar-refractivity contribution is 0.102. The monoisotopic (exact) mass is 500 g/mol. The summed E-state index contributed by atoms with van der Waals surface area (Å²) < 4.78 is 3.79. The molecule has 194 valence electrons. The molecular formula is C29H36N6O2. The van der Waals surface area contributed by atoms with Gasteiger partial charge in [-0.3, -0.25) is 14.5 Å². The lowest BCUT2D eigenvalue weighted by Gasteiger charge is -2.46. The number of carbonyl (C=O) groups is 1. The minimum absolute atomic E-state index is 0.193. The van der Waals surface area contributed by atoms with Crippen LogP contribution < -0.4 is 10.9 Å². The predicted octanol–water partition coefficient (Wildman–Crippen LogP) is 4.27. The number of aromatic nitrogens is 4. The first-order valence-corrected chi connectivity index (χ1v) is 13.7. The van der Waals surface area contributed by atoms with Crippen molar-refractivity contribution in [3.05, 3.63) is 75.7 Å². The molecule has 0 bridgehead atoms. The molecule has 1 aromatic carbocycles. The summed E-state index contributed by atoms with van der Waals surface area (Å²) in [6.45, 7) is 5.18. The Kier molecular flexibility index (Phi) is 6.23. The van der Waals surface area contributed by atoms with Crippen molar-refractivity contribution in [3.8, 4) is 0 Å². The highest BCUT2D eigenvalue weighted by atomic mass is 16.2. The van der Waals surface area contributed by atoms with Crippen molar-refractivity contribution in [3.63, 3.8) is 0 Å². The van der Waals surface area contributed by atoms with Crippen molar-refractivity contribution < 1.29 is 4.79 Å². The molecule has 0 atom stereocenters. The van der Waals surface area contributed by atoms with E-state index in [1.165, 1.54) is 19.3 Å². The first-order chi connectivity index (χ1) is 17.9. The Balaban J connectivity index is 1.28. The van der Waals surface area contributed by atoms with Gasteiger partial charge in [0, 0.05) is 31.5 Å². The summed E-state index contributed by atoms with van der Waals surface area (Å²) >= 11 is 0. The molecule has 3 aliphatic rings. The zero-order valence-corrected chi connectivity index (χ0v) is 21.8. The summed E-state index contributed by atoms with van der Waals surface area (Å²) in [6.07, 6.45) is 11.4. The fourth-order valence-electron chi connectivity index (χ4n) is 6.40. The second-order valence-electron chi connectivity index (χ2n) is 11.4. The van der Waals surface area contributed by atoms with Crippen molar-refractivity contribution >= 4 is 11.6 Å². The molecule has 8 heteroatoms. The van der Waals surface area contributed by atoms with E-state index in [0.717, 1.165) is 62.3 Å². The number of nitrogens with zero attached hydrogens (tertiary/aromatic N) is 5. The van der Waals surface area contributed by atoms with Gasteiger partial charge in [0.1, 0.15) is 17.7 Å². The van der Waals surface area contributed by atoms with E-state index in [-0.39, 0.29) is 28.5 Å². The van der Waals surface area contributed by atoms with Crippen molar-refractivity contribution in [1.29, 1.82) is 0 Å². The molecule has 2 aliphatic carbocycles. The summed E-state index contributed by atoms with van der Waals surface area (Å²) in [5, 5.41) is 11.6. The van der Waals surface area contributed by atoms with E-state index in [4.69, 9.17) is 0 Å². The number of likely N-dealkylation sites (tertiary alicyclic amines) is 1. The zero-order chi connectivity index (χ0) is 25.6. The molecule has 1 N–H and O–H groups in total. The zero-order valence-electron chi connectivity index (χ0n) is 21.8. The molecule has 1 aliphatic heterocycles. The van der Waals surface area contributed by atoms with Crippen molar-refractivity contribution in [2.24, 2.45) is 13.0 Å². The average molecular weight is 501 g/mol. The van der Waals surface area contributed by atoms with Crippen molar-refractivity contribution in [2.75, 3.05) is 18.4 Å². The Morgan fingerprint density at radius 1 is 1.14 bits per heavy atom. The molecule has 2 aromatic heterocycles. The standard InChI is InChI=1S/C29H36N6O2/c1-20-15-29(16-20,28-32-30-19-33(28)2)22-7-6-8-23(14-22)31-26(36)25-13-21(17-34-11-4-3-5-12-34)18-35(27(25)37)24-9-10-24/h6-8,13-14,18-20,24H,3-5,9-12,15-17H2,1-2H3,(H,31,36). The van der Waals surface area contributed by atoms with Crippen LogP contribution in [0.25, 0.3) is 0 Å². The normalized spacial score (nSPS) is 24.0. The van der Waals surface area contributed by atoms with E-state index in [1.54, 1.807) is 10.9 Å². The SMILES string of the molecule is CC1CC(c2cccc(NC(=O)c3cc(CN4CCCCC4)cn(C4CC4)c3=O)c2)(c2nncn2C)C1. The molecule has 3 aromatic rings. The van der Waals surface area contributed by atoms with Gasteiger partial charge in [0.05, 0.1) is 5.41 Å². The summed E-state index contributed by atoms with van der Waals surface area (Å²) in [7, 11) is 1.98. The van der Waals surface area contributed by atoms with E-state index in [2.05, 4.69) is 33.4 Å². The number of piperidine rings is 1. The molecule has 0 radical (unpaired) electrons. The third-order valence-corrected chi connectivity index (χ3v) is 8.35. The van der Waals surface area contributed by atoms with E-state index >= 15 is 0 Å². The van der Waals surface area contributed by atoms with Crippen LogP contribution in [0, 0.1) is 5.92 Å². The number of nitrogens with one attached hydrogen (secondary N) is 1. The van der Waals surface area contributed by atoms with Gasteiger partial charge in [-0.15, -0.1) is 10.2 Å². The van der Waals surface area contributed by atoms with Gasteiger partial charge in [-0.05, 0) is 86.9 Å². The number of benzene rings is 1. The Bertz CT molecular complexity index is 1360. The van der Waals surface area contributed by atoms with Gasteiger partial charge in [-0.2, -0.15) is 0 Å². The van der Waals surface area contributed by atoms with E-state index in [1.807, 2.05) is 42.1 Å². The van der Waals surface area contributed by atoms with E-state index < -0.39 is 0 Å². The number of hydrogen-bond donors (Lipinski definition) is 1. The summed E-state index contributed by atoms with van der Waals surface area (Å²) in [4.78, 5) is 29.2. The molecule has 1 saturated heterocycles. The number of amides is 1. The third-order valence-electron chi connectivity index (χ3n) is 8.35. The lowest BCUT2D eigenvalue weighted by atomic mass is 9.58. The van der Waals surface area contributed by atoms with Crippen molar-refractivity contribution in [2.45, 2.75) is 69.9 Å². The highest BCUT2D eigenvalue weighted by Gasteiger charge is 2.48. The second kappa shape index (κ2) is 9.56. The van der Waals surface area contributed by atoms with Crippen molar-refractivity contribution in [1.82, 2.24) is 24.2 Å². The highest BCUT2D eigenvalue weighted by molar-refractivity contribution is 6.04. The molecular weight excluding hydrogens is 464 g/mol. The maximum Gasteiger partial charge on any atom is 0.263 e. The minimum atomic E-state index is -0.341. The molecule has 37 heavy (non-hydrogen) atoms. The largest absolute Gasteiger partial charge is 0.322 e. The molecule has 8 nitrogen and oxygen atoms in total. The third kappa shape index (κ3) is 4.63. The smallest absolute Gasteiger partial charge is 0.263 e. The maximum atomic E-state index is 13.5. The number of aryl methyl sites for hydroxylation is 1. The van der Waals surface area contributed by atoms with Gasteiger partial charge in [0.15, 0.2) is 0 Å². The molecule has 0 unspecified atom stereocenters. The highest BCUT2D eigenvalue weighted by Crippen LogP contribution is 2.51. The first-order valence-electron chi connectivity index (χ1n) is 13.7. The van der Waals surface area contributed by atoms with Crippen LogP contribution in [0.2, 0.25) is 0 Å². The van der Waals surface area contributed by atoms with Gasteiger partial charge in [0.25, 0.3) is 11.5 Å². The average Bonchev–Trinajstić information content (AvgIpc) is 3.63. The van der Waals surface area contributed by atoms with Crippen LogP contribution in [-0.4, -0.2) is 43.2 Å². The first kappa shape index (κ1) is 24.1. The summed E-state index contributed by atoms with van der Waals surface area (Å²) in [5.74, 6) is 1.21. The van der Waals surface area contributed by atoms with Crippen LogP contribution >= 0.6 is 0 Å². The van der Waals surface area contributed by atoms with Gasteiger partial charge in [-0.1, -0.05) is 25.5 Å². The van der Waals surface area contributed by atoms with E-state index in [0.29, 0.717) is 11.6 Å². The van der Waals surface area contributed by atoms with Gasteiger partial charge in [0.2, 0.25) is 0 Å². The van der Waals surface area contributed by atoms with Crippen LogP contribution in [0.1, 0.15) is 85.2 Å². The van der Waals surface area contributed by atoms with Crippen LogP contribution in [0.4, 0.5) is 5.69 Å². The number of hydrogen-bond acceptors (Lipinski definition) is 5. The quantitative estimate of drug-likeness (QED) is 0.524. The fraction of sp³-hybridized carbons (Fsp3) is 0.517. The Morgan fingerprint density at radius 3 is 2.59 bits per heavy atom. The van der Waals surface area contributed by atoms with Crippen LogP contribution in [0.3, 0.4) is 0 Å². The molecule has 1 amide bonds. The molecule has 3 fully saturated rings. The van der Waals surface area contributed by atoms with E-state index in [9.17, 15) is 9.59 Å². The second-order valence-corrected chi connectivity index (χ2v) is 11.4.